The first-order chi connectivity index (χ1) is 14.5. The molecule has 1 N–H and O–H groups in total. The summed E-state index contributed by atoms with van der Waals surface area (Å²) in [6.45, 7) is 6.33. The van der Waals surface area contributed by atoms with Crippen molar-refractivity contribution >= 4 is 23.6 Å². The normalized spacial score (nSPS) is 11.9. The van der Waals surface area contributed by atoms with E-state index in [1.807, 2.05) is 0 Å². The zero-order valence-electron chi connectivity index (χ0n) is 17.8. The van der Waals surface area contributed by atoms with Gasteiger partial charge in [-0.15, -0.1) is 0 Å². The quantitative estimate of drug-likeness (QED) is 0.555. The smallest absolute Gasteiger partial charge is 0.408 e. The zero-order chi connectivity index (χ0) is 23.2. The molecular formula is C22H25N3O6. The minimum Gasteiger partial charge on any atom is -0.444 e. The lowest BCUT2D eigenvalue weighted by molar-refractivity contribution is -0.385. The number of nitro benzene ring substituents is 1. The number of hydrogen-bond acceptors (Lipinski definition) is 6. The van der Waals surface area contributed by atoms with Crippen molar-refractivity contribution in [3.8, 4) is 0 Å². The van der Waals surface area contributed by atoms with Crippen molar-refractivity contribution in [3.63, 3.8) is 0 Å². The van der Waals surface area contributed by atoms with E-state index in [4.69, 9.17) is 4.74 Å². The molecule has 0 aliphatic carbocycles. The molecule has 2 aromatic rings. The second-order valence-corrected chi connectivity index (χ2v) is 7.86. The Bertz CT molecular complexity index is 969. The number of benzene rings is 2. The third kappa shape index (κ3) is 6.63. The molecule has 3 amide bonds. The van der Waals surface area contributed by atoms with Gasteiger partial charge in [0.05, 0.1) is 11.5 Å². The van der Waals surface area contributed by atoms with Crippen molar-refractivity contribution in [2.24, 2.45) is 0 Å². The molecular weight excluding hydrogens is 402 g/mol. The second-order valence-electron chi connectivity index (χ2n) is 7.86. The van der Waals surface area contributed by atoms with Crippen LogP contribution in [0.5, 0.6) is 0 Å². The topological polar surface area (TPSA) is 119 Å². The average Bonchev–Trinajstić information content (AvgIpc) is 2.70. The van der Waals surface area contributed by atoms with Gasteiger partial charge < -0.3 is 10.1 Å². The molecule has 164 valence electrons. The van der Waals surface area contributed by atoms with E-state index < -0.39 is 40.2 Å². The van der Waals surface area contributed by atoms with Crippen LogP contribution in [0.2, 0.25) is 0 Å². The predicted octanol–water partition coefficient (Wildman–Crippen LogP) is 3.68. The molecule has 0 radical (unpaired) electrons. The van der Waals surface area contributed by atoms with E-state index in [2.05, 4.69) is 5.32 Å². The minimum absolute atomic E-state index is 0.120. The Hall–Kier alpha value is -3.75. The lowest BCUT2D eigenvalue weighted by Crippen LogP contribution is -2.49. The summed E-state index contributed by atoms with van der Waals surface area (Å²) in [6.07, 6.45) is -0.814. The van der Waals surface area contributed by atoms with Crippen molar-refractivity contribution in [2.75, 3.05) is 0 Å². The van der Waals surface area contributed by atoms with Crippen molar-refractivity contribution in [2.45, 2.75) is 45.9 Å². The molecule has 0 bridgehead atoms. The van der Waals surface area contributed by atoms with Crippen LogP contribution in [0.1, 0.15) is 43.6 Å². The maximum atomic E-state index is 13.2. The fraction of sp³-hybridized carbons (Fsp3) is 0.318. The highest BCUT2D eigenvalue weighted by molar-refractivity contribution is 6.08. The molecule has 0 aliphatic rings. The summed E-state index contributed by atoms with van der Waals surface area (Å²) in [7, 11) is 0. The molecule has 0 fully saturated rings. The van der Waals surface area contributed by atoms with Crippen LogP contribution in [0.4, 0.5) is 10.5 Å². The number of ether oxygens (including phenoxy) is 1. The third-order valence-electron chi connectivity index (χ3n) is 4.13. The standard InChI is InChI=1S/C22H25N3O6/c1-15(23-21(28)31-22(2,3)4)19(26)24(14-16-10-6-5-7-11-16)20(27)17-12-8-9-13-18(17)25(29)30/h5-13,15H,14H2,1-4H3,(H,23,28)/t15-/m0/s1. The predicted molar refractivity (Wildman–Crippen MR) is 113 cm³/mol. The first kappa shape index (κ1) is 23.5. The number of alkyl carbamates (subject to hydrolysis) is 1. The summed E-state index contributed by atoms with van der Waals surface area (Å²) in [5, 5.41) is 13.8. The molecule has 9 nitrogen and oxygen atoms in total. The van der Waals surface area contributed by atoms with Crippen LogP contribution in [0.3, 0.4) is 0 Å². The molecule has 0 saturated carbocycles. The Morgan fingerprint density at radius 3 is 2.23 bits per heavy atom. The monoisotopic (exact) mass is 427 g/mol. The molecule has 31 heavy (non-hydrogen) atoms. The second kappa shape index (κ2) is 9.84. The number of hydrogen-bond donors (Lipinski definition) is 1. The molecule has 0 aliphatic heterocycles. The van der Waals surface area contributed by atoms with Gasteiger partial charge in [0.15, 0.2) is 0 Å². The lowest BCUT2D eigenvalue weighted by atomic mass is 10.1. The SMILES string of the molecule is C[C@H](NC(=O)OC(C)(C)C)C(=O)N(Cc1ccccc1)C(=O)c1ccccc1[N+](=O)[O-]. The molecule has 0 saturated heterocycles. The molecule has 9 heteroatoms. The van der Waals surface area contributed by atoms with E-state index in [-0.39, 0.29) is 12.1 Å². The highest BCUT2D eigenvalue weighted by Crippen LogP contribution is 2.21. The number of nitrogens with one attached hydrogen (secondary N) is 1. The van der Waals surface area contributed by atoms with Crippen LogP contribution in [0.25, 0.3) is 0 Å². The minimum atomic E-state index is -1.11. The van der Waals surface area contributed by atoms with E-state index >= 15 is 0 Å². The van der Waals surface area contributed by atoms with Gasteiger partial charge in [0.2, 0.25) is 0 Å². The van der Waals surface area contributed by atoms with E-state index in [1.165, 1.54) is 31.2 Å². The first-order valence-corrected chi connectivity index (χ1v) is 9.62. The molecule has 0 aromatic heterocycles. The zero-order valence-corrected chi connectivity index (χ0v) is 17.8. The summed E-state index contributed by atoms with van der Waals surface area (Å²) in [5.74, 6) is -1.56. The van der Waals surface area contributed by atoms with Gasteiger partial charge in [-0.2, -0.15) is 0 Å². The summed E-state index contributed by atoms with van der Waals surface area (Å²) in [6, 6.07) is 13.0. The number of nitrogens with zero attached hydrogens (tertiary/aromatic N) is 2. The fourth-order valence-electron chi connectivity index (χ4n) is 2.75. The van der Waals surface area contributed by atoms with Crippen LogP contribution >= 0.6 is 0 Å². The van der Waals surface area contributed by atoms with E-state index in [1.54, 1.807) is 51.1 Å². The Morgan fingerprint density at radius 2 is 1.65 bits per heavy atom. The molecule has 1 atom stereocenters. The number of para-hydroxylation sites is 1. The van der Waals surface area contributed by atoms with Crippen LogP contribution < -0.4 is 5.32 Å². The van der Waals surface area contributed by atoms with Gasteiger partial charge in [-0.3, -0.25) is 24.6 Å². The number of nitro groups is 1. The van der Waals surface area contributed by atoms with Crippen LogP contribution in [0.15, 0.2) is 54.6 Å². The van der Waals surface area contributed by atoms with Crippen LogP contribution in [-0.4, -0.2) is 39.4 Å². The maximum Gasteiger partial charge on any atom is 0.408 e. The Kier molecular flexibility index (Phi) is 7.47. The van der Waals surface area contributed by atoms with Gasteiger partial charge >= 0.3 is 6.09 Å². The molecule has 0 spiro atoms. The van der Waals surface area contributed by atoms with Gasteiger partial charge in [-0.1, -0.05) is 42.5 Å². The summed E-state index contributed by atoms with van der Waals surface area (Å²) in [4.78, 5) is 49.9. The molecule has 0 unspecified atom stereocenters. The number of carbonyl (C=O) groups excluding carboxylic acids is 3. The summed E-state index contributed by atoms with van der Waals surface area (Å²) < 4.78 is 5.16. The highest BCUT2D eigenvalue weighted by atomic mass is 16.6. The third-order valence-corrected chi connectivity index (χ3v) is 4.13. The van der Waals surface area contributed by atoms with Gasteiger partial charge in [0, 0.05) is 6.07 Å². The molecule has 2 rings (SSSR count). The van der Waals surface area contributed by atoms with E-state index in [0.717, 1.165) is 4.90 Å². The van der Waals surface area contributed by atoms with E-state index in [9.17, 15) is 24.5 Å². The van der Waals surface area contributed by atoms with Crippen molar-refractivity contribution in [3.05, 3.63) is 75.8 Å². The van der Waals surface area contributed by atoms with E-state index in [0.29, 0.717) is 5.56 Å². The van der Waals surface area contributed by atoms with Crippen molar-refractivity contribution in [1.82, 2.24) is 10.2 Å². The van der Waals surface area contributed by atoms with Crippen molar-refractivity contribution in [1.29, 1.82) is 0 Å². The summed E-state index contributed by atoms with van der Waals surface area (Å²) >= 11 is 0. The number of carbonyl (C=O) groups is 3. The van der Waals surface area contributed by atoms with Crippen LogP contribution in [0, 0.1) is 10.1 Å². The maximum absolute atomic E-state index is 13.2. The highest BCUT2D eigenvalue weighted by Gasteiger charge is 2.32. The van der Waals surface area contributed by atoms with Gasteiger partial charge in [0.1, 0.15) is 17.2 Å². The Labute approximate surface area is 180 Å². The van der Waals surface area contributed by atoms with Crippen molar-refractivity contribution < 1.29 is 24.0 Å². The van der Waals surface area contributed by atoms with Gasteiger partial charge in [0.25, 0.3) is 17.5 Å². The largest absolute Gasteiger partial charge is 0.444 e. The van der Waals surface area contributed by atoms with Crippen LogP contribution in [-0.2, 0) is 16.1 Å². The average molecular weight is 427 g/mol. The first-order valence-electron chi connectivity index (χ1n) is 9.62. The Balaban J connectivity index is 2.34. The summed E-state index contributed by atoms with van der Waals surface area (Å²) in [5.41, 5.74) is -0.753. The van der Waals surface area contributed by atoms with Gasteiger partial charge in [-0.25, -0.2) is 4.79 Å². The van der Waals surface area contributed by atoms with Gasteiger partial charge in [-0.05, 0) is 39.3 Å². The number of amides is 3. The molecule has 0 heterocycles. The molecule has 2 aromatic carbocycles. The fourth-order valence-corrected chi connectivity index (χ4v) is 2.75. The Morgan fingerprint density at radius 1 is 1.06 bits per heavy atom. The number of imide groups is 1. The lowest BCUT2D eigenvalue weighted by Gasteiger charge is -2.26. The number of rotatable bonds is 6.